The molecule has 0 saturated heterocycles. The molecule has 3 atom stereocenters. The summed E-state index contributed by atoms with van der Waals surface area (Å²) in [4.78, 5) is 23.6. The van der Waals surface area contributed by atoms with E-state index in [4.69, 9.17) is 0 Å². The van der Waals surface area contributed by atoms with Crippen LogP contribution in [0.2, 0.25) is 0 Å². The average Bonchev–Trinajstić information content (AvgIpc) is 3.22. The molecule has 2 N–H and O–H groups in total. The third-order valence-corrected chi connectivity index (χ3v) is 5.55. The molecule has 0 unspecified atom stereocenters. The monoisotopic (exact) mass is 304 g/mol. The fourth-order valence-corrected chi connectivity index (χ4v) is 4.31. The summed E-state index contributed by atoms with van der Waals surface area (Å²) in [6.45, 7) is 0.755. The molecule has 0 aromatic rings. The number of amides is 2. The van der Waals surface area contributed by atoms with E-state index in [0.717, 1.165) is 43.6 Å². The normalized spacial score (nSPS) is 29.9. The summed E-state index contributed by atoms with van der Waals surface area (Å²) in [7, 11) is 0. The molecule has 3 aliphatic carbocycles. The first kappa shape index (κ1) is 15.6. The van der Waals surface area contributed by atoms with Crippen molar-refractivity contribution in [3.8, 4) is 0 Å². The minimum Gasteiger partial charge on any atom is -0.356 e. The van der Waals surface area contributed by atoms with E-state index in [-0.39, 0.29) is 11.8 Å². The molecule has 0 aromatic heterocycles. The van der Waals surface area contributed by atoms with Crippen LogP contribution in [0.25, 0.3) is 0 Å². The van der Waals surface area contributed by atoms with Crippen molar-refractivity contribution in [3.05, 3.63) is 12.2 Å². The topological polar surface area (TPSA) is 58.2 Å². The van der Waals surface area contributed by atoms with Gasteiger partial charge in [-0.05, 0) is 49.9 Å². The molecule has 2 bridgehead atoms. The third kappa shape index (κ3) is 4.11. The zero-order valence-corrected chi connectivity index (χ0v) is 13.4. The van der Waals surface area contributed by atoms with Crippen molar-refractivity contribution in [2.24, 2.45) is 17.8 Å². The minimum atomic E-state index is 0.0141. The lowest BCUT2D eigenvalue weighted by atomic mass is 9.91. The fourth-order valence-electron chi connectivity index (χ4n) is 4.31. The average molecular weight is 304 g/mol. The first-order chi connectivity index (χ1) is 10.7. The molecule has 122 valence electrons. The maximum absolute atomic E-state index is 11.8. The summed E-state index contributed by atoms with van der Waals surface area (Å²) in [6.07, 6.45) is 13.6. The molecule has 2 fully saturated rings. The molecule has 0 aromatic carbocycles. The second kappa shape index (κ2) is 7.30. The molecule has 4 heteroatoms. The van der Waals surface area contributed by atoms with E-state index < -0.39 is 0 Å². The van der Waals surface area contributed by atoms with Gasteiger partial charge in [-0.2, -0.15) is 0 Å². The van der Waals surface area contributed by atoms with Gasteiger partial charge in [0.05, 0.1) is 0 Å². The summed E-state index contributed by atoms with van der Waals surface area (Å²) in [5.41, 5.74) is 0. The van der Waals surface area contributed by atoms with E-state index in [9.17, 15) is 9.59 Å². The number of rotatable bonds is 7. The van der Waals surface area contributed by atoms with E-state index in [1.807, 2.05) is 0 Å². The third-order valence-electron chi connectivity index (χ3n) is 5.55. The lowest BCUT2D eigenvalue weighted by Crippen LogP contribution is -2.34. The number of allylic oxidation sites excluding steroid dienone is 2. The van der Waals surface area contributed by atoms with Gasteiger partial charge in [-0.3, -0.25) is 9.59 Å². The Balaban J connectivity index is 1.25. The number of hydrogen-bond acceptors (Lipinski definition) is 2. The van der Waals surface area contributed by atoms with Crippen LogP contribution in [0.5, 0.6) is 0 Å². The molecule has 0 radical (unpaired) electrons. The zero-order valence-electron chi connectivity index (χ0n) is 13.4. The van der Waals surface area contributed by atoms with Crippen molar-refractivity contribution in [2.45, 2.75) is 63.8 Å². The Morgan fingerprint density at radius 2 is 1.77 bits per heavy atom. The number of hydrogen-bond donors (Lipinski definition) is 2. The first-order valence-corrected chi connectivity index (χ1v) is 8.95. The van der Waals surface area contributed by atoms with E-state index in [1.165, 1.54) is 25.7 Å². The van der Waals surface area contributed by atoms with E-state index in [2.05, 4.69) is 22.8 Å². The Morgan fingerprint density at radius 3 is 2.45 bits per heavy atom. The minimum absolute atomic E-state index is 0.0141. The van der Waals surface area contributed by atoms with Crippen LogP contribution < -0.4 is 10.6 Å². The van der Waals surface area contributed by atoms with Crippen LogP contribution in [0, 0.1) is 17.8 Å². The highest BCUT2D eigenvalue weighted by Crippen LogP contribution is 2.44. The summed E-state index contributed by atoms with van der Waals surface area (Å²) in [6, 6.07) is 0.349. The maximum Gasteiger partial charge on any atom is 0.220 e. The molecule has 3 rings (SSSR count). The maximum atomic E-state index is 11.8. The quantitative estimate of drug-likeness (QED) is 0.710. The standard InChI is InChI=1S/C18H28N2O2/c21-17(7-8-18(22)20-16-3-1-2-4-16)19-10-9-15-12-13-5-6-14(15)11-13/h5-6,13-16H,1-4,7-12H2,(H,19,21)(H,20,22)/t13-,14+,15-/m1/s1. The van der Waals surface area contributed by atoms with Gasteiger partial charge in [0.15, 0.2) is 0 Å². The molecule has 0 spiro atoms. The lowest BCUT2D eigenvalue weighted by molar-refractivity contribution is -0.126. The van der Waals surface area contributed by atoms with Gasteiger partial charge in [0.1, 0.15) is 0 Å². The van der Waals surface area contributed by atoms with E-state index >= 15 is 0 Å². The molecule has 0 aliphatic heterocycles. The SMILES string of the molecule is O=C(CCC(=O)NC1CCCC1)NCC[C@@H]1C[C@@H]2C=C[C@H]1C2. The van der Waals surface area contributed by atoms with Crippen molar-refractivity contribution >= 4 is 11.8 Å². The Hall–Kier alpha value is -1.32. The summed E-state index contributed by atoms with van der Waals surface area (Å²) < 4.78 is 0. The Bertz CT molecular complexity index is 440. The van der Waals surface area contributed by atoms with Crippen molar-refractivity contribution in [2.75, 3.05) is 6.54 Å². The van der Waals surface area contributed by atoms with Gasteiger partial charge in [0.25, 0.3) is 0 Å². The predicted molar refractivity (Wildman–Crippen MR) is 86.1 cm³/mol. The van der Waals surface area contributed by atoms with Crippen molar-refractivity contribution in [3.63, 3.8) is 0 Å². The van der Waals surface area contributed by atoms with Gasteiger partial charge in [-0.1, -0.05) is 25.0 Å². The Morgan fingerprint density at radius 1 is 1.00 bits per heavy atom. The first-order valence-electron chi connectivity index (χ1n) is 8.95. The smallest absolute Gasteiger partial charge is 0.220 e. The van der Waals surface area contributed by atoms with Crippen LogP contribution in [-0.2, 0) is 9.59 Å². The number of carbonyl (C=O) groups excluding carboxylic acids is 2. The largest absolute Gasteiger partial charge is 0.356 e. The van der Waals surface area contributed by atoms with Crippen molar-refractivity contribution < 1.29 is 9.59 Å². The highest BCUT2D eigenvalue weighted by atomic mass is 16.2. The molecular weight excluding hydrogens is 276 g/mol. The highest BCUT2D eigenvalue weighted by Gasteiger charge is 2.34. The molecule has 3 aliphatic rings. The molecule has 4 nitrogen and oxygen atoms in total. The van der Waals surface area contributed by atoms with Crippen LogP contribution >= 0.6 is 0 Å². The van der Waals surface area contributed by atoms with Gasteiger partial charge >= 0.3 is 0 Å². The zero-order chi connectivity index (χ0) is 15.4. The van der Waals surface area contributed by atoms with E-state index in [1.54, 1.807) is 0 Å². The lowest BCUT2D eigenvalue weighted by Gasteiger charge is -2.18. The van der Waals surface area contributed by atoms with Gasteiger partial charge in [-0.15, -0.1) is 0 Å². The summed E-state index contributed by atoms with van der Waals surface area (Å²) in [5, 5.41) is 6.00. The van der Waals surface area contributed by atoms with Gasteiger partial charge < -0.3 is 10.6 Å². The molecule has 22 heavy (non-hydrogen) atoms. The number of nitrogens with one attached hydrogen (secondary N) is 2. The van der Waals surface area contributed by atoms with Crippen LogP contribution in [-0.4, -0.2) is 24.4 Å². The summed E-state index contributed by atoms with van der Waals surface area (Å²) >= 11 is 0. The van der Waals surface area contributed by atoms with Gasteiger partial charge in [0, 0.05) is 25.4 Å². The molecular formula is C18H28N2O2. The fraction of sp³-hybridized carbons (Fsp3) is 0.778. The van der Waals surface area contributed by atoms with Gasteiger partial charge in [0.2, 0.25) is 11.8 Å². The predicted octanol–water partition coefficient (Wildman–Crippen LogP) is 2.54. The van der Waals surface area contributed by atoms with Crippen molar-refractivity contribution in [1.82, 2.24) is 10.6 Å². The molecule has 2 saturated carbocycles. The molecule has 2 amide bonds. The van der Waals surface area contributed by atoms with Crippen LogP contribution in [0.4, 0.5) is 0 Å². The second-order valence-corrected chi connectivity index (χ2v) is 7.23. The Labute approximate surface area is 133 Å². The molecule has 0 heterocycles. The van der Waals surface area contributed by atoms with Crippen LogP contribution in [0.3, 0.4) is 0 Å². The Kier molecular flexibility index (Phi) is 5.16. The van der Waals surface area contributed by atoms with E-state index in [0.29, 0.717) is 18.9 Å². The van der Waals surface area contributed by atoms with Gasteiger partial charge in [-0.25, -0.2) is 0 Å². The second-order valence-electron chi connectivity index (χ2n) is 7.23. The highest BCUT2D eigenvalue weighted by molar-refractivity contribution is 5.83. The van der Waals surface area contributed by atoms with Crippen LogP contribution in [0.15, 0.2) is 12.2 Å². The number of fused-ring (bicyclic) bond motifs is 2. The van der Waals surface area contributed by atoms with Crippen molar-refractivity contribution in [1.29, 1.82) is 0 Å². The summed E-state index contributed by atoms with van der Waals surface area (Å²) in [5.74, 6) is 2.34. The number of carbonyl (C=O) groups is 2. The van der Waals surface area contributed by atoms with Crippen LogP contribution in [0.1, 0.15) is 57.8 Å².